The number of hydrogen-bond acceptors (Lipinski definition) is 5. The molecule has 0 aromatic carbocycles. The van der Waals surface area contributed by atoms with Crippen molar-refractivity contribution >= 4 is 5.91 Å². The van der Waals surface area contributed by atoms with E-state index < -0.39 is 5.91 Å². The fraction of sp³-hybridized carbons (Fsp3) is 0.500. The largest absolute Gasteiger partial charge is 0.456 e. The summed E-state index contributed by atoms with van der Waals surface area (Å²) in [4.78, 5) is 11.2. The first-order valence-corrected chi connectivity index (χ1v) is 4.86. The number of aryl methyl sites for hydroxylation is 1. The molecule has 1 rings (SSSR count). The Bertz CT molecular complexity index is 349. The fourth-order valence-corrected chi connectivity index (χ4v) is 1.17. The predicted molar refractivity (Wildman–Crippen MR) is 56.6 cm³/mol. The van der Waals surface area contributed by atoms with E-state index in [0.29, 0.717) is 25.6 Å². The van der Waals surface area contributed by atoms with Gasteiger partial charge >= 0.3 is 5.91 Å². The van der Waals surface area contributed by atoms with Crippen LogP contribution in [0.3, 0.4) is 0 Å². The highest BCUT2D eigenvalue weighted by Gasteiger charge is 2.13. The zero-order valence-corrected chi connectivity index (χ0v) is 9.41. The van der Waals surface area contributed by atoms with Crippen LogP contribution >= 0.6 is 0 Å². The monoisotopic (exact) mass is 228 g/mol. The molecule has 0 aliphatic heterocycles. The first kappa shape index (κ1) is 12.7. The van der Waals surface area contributed by atoms with Crippen LogP contribution in [0.15, 0.2) is 10.5 Å². The van der Waals surface area contributed by atoms with Crippen LogP contribution in [0.25, 0.3) is 0 Å². The smallest absolute Gasteiger partial charge is 0.300 e. The molecule has 1 aromatic heterocycles. The Morgan fingerprint density at radius 1 is 1.56 bits per heavy atom. The number of ether oxygens (including phenoxy) is 2. The molecule has 90 valence electrons. The number of carbonyl (C=O) groups is 1. The van der Waals surface area contributed by atoms with E-state index in [1.807, 2.05) is 5.43 Å². The van der Waals surface area contributed by atoms with Gasteiger partial charge in [-0.2, -0.15) is 0 Å². The van der Waals surface area contributed by atoms with Crippen molar-refractivity contribution < 1.29 is 18.7 Å². The Morgan fingerprint density at radius 2 is 2.31 bits per heavy atom. The zero-order chi connectivity index (χ0) is 12.0. The van der Waals surface area contributed by atoms with E-state index >= 15 is 0 Å². The first-order valence-electron chi connectivity index (χ1n) is 4.86. The topological polar surface area (TPSA) is 86.7 Å². The van der Waals surface area contributed by atoms with Gasteiger partial charge in [0.1, 0.15) is 5.76 Å². The van der Waals surface area contributed by atoms with Crippen molar-refractivity contribution in [3.05, 3.63) is 23.2 Å². The fourth-order valence-electron chi connectivity index (χ4n) is 1.17. The molecular weight excluding hydrogens is 212 g/mol. The van der Waals surface area contributed by atoms with Crippen molar-refractivity contribution in [1.82, 2.24) is 5.43 Å². The van der Waals surface area contributed by atoms with Crippen LogP contribution < -0.4 is 11.3 Å². The molecule has 1 aromatic rings. The maximum Gasteiger partial charge on any atom is 0.300 e. The highest BCUT2D eigenvalue weighted by Crippen LogP contribution is 2.15. The van der Waals surface area contributed by atoms with E-state index in [-0.39, 0.29) is 5.76 Å². The highest BCUT2D eigenvalue weighted by atomic mass is 16.5. The van der Waals surface area contributed by atoms with Crippen LogP contribution in [0.1, 0.15) is 21.9 Å². The molecule has 6 nitrogen and oxygen atoms in total. The lowest BCUT2D eigenvalue weighted by Crippen LogP contribution is -2.29. The lowest BCUT2D eigenvalue weighted by atomic mass is 10.2. The summed E-state index contributed by atoms with van der Waals surface area (Å²) in [5, 5.41) is 0. The molecule has 1 amide bonds. The Kier molecular flexibility index (Phi) is 4.97. The van der Waals surface area contributed by atoms with Crippen molar-refractivity contribution in [2.75, 3.05) is 20.3 Å². The third-order valence-electron chi connectivity index (χ3n) is 2.06. The van der Waals surface area contributed by atoms with Crippen molar-refractivity contribution in [2.45, 2.75) is 13.5 Å². The summed E-state index contributed by atoms with van der Waals surface area (Å²) < 4.78 is 15.4. The molecule has 0 bridgehead atoms. The van der Waals surface area contributed by atoms with Crippen molar-refractivity contribution in [2.24, 2.45) is 5.84 Å². The van der Waals surface area contributed by atoms with Gasteiger partial charge in [-0.15, -0.1) is 0 Å². The number of nitrogens with one attached hydrogen (secondary N) is 1. The molecule has 0 spiro atoms. The molecule has 0 aliphatic rings. The second kappa shape index (κ2) is 6.26. The van der Waals surface area contributed by atoms with Gasteiger partial charge in [0, 0.05) is 12.7 Å². The molecule has 6 heteroatoms. The SMILES string of the molecule is COCCOCc1cc(C(=O)NN)oc1C. The predicted octanol–water partition coefficient (Wildman–Crippen LogP) is 0.355. The molecule has 0 saturated carbocycles. The second-order valence-electron chi connectivity index (χ2n) is 3.21. The highest BCUT2D eigenvalue weighted by molar-refractivity contribution is 5.91. The maximum atomic E-state index is 11.2. The maximum absolute atomic E-state index is 11.2. The second-order valence-corrected chi connectivity index (χ2v) is 3.21. The molecule has 0 radical (unpaired) electrons. The van der Waals surface area contributed by atoms with Gasteiger partial charge in [0.15, 0.2) is 5.76 Å². The third kappa shape index (κ3) is 3.34. The minimum atomic E-state index is -0.453. The summed E-state index contributed by atoms with van der Waals surface area (Å²) in [7, 11) is 1.61. The molecule has 0 atom stereocenters. The summed E-state index contributed by atoms with van der Waals surface area (Å²) in [6, 6.07) is 1.62. The minimum Gasteiger partial charge on any atom is -0.456 e. The Labute approximate surface area is 93.7 Å². The minimum absolute atomic E-state index is 0.186. The van der Waals surface area contributed by atoms with E-state index in [9.17, 15) is 4.79 Å². The molecule has 16 heavy (non-hydrogen) atoms. The Morgan fingerprint density at radius 3 is 2.94 bits per heavy atom. The number of nitrogen functional groups attached to an aromatic ring is 1. The van der Waals surface area contributed by atoms with E-state index in [2.05, 4.69) is 0 Å². The molecular formula is C10H16N2O4. The van der Waals surface area contributed by atoms with Crippen LogP contribution in [0.4, 0.5) is 0 Å². The van der Waals surface area contributed by atoms with Crippen LogP contribution in [-0.4, -0.2) is 26.2 Å². The number of methoxy groups -OCH3 is 1. The lowest BCUT2D eigenvalue weighted by Gasteiger charge is -2.01. The summed E-state index contributed by atoms with van der Waals surface area (Å²) in [5.74, 6) is 5.38. The van der Waals surface area contributed by atoms with Gasteiger partial charge < -0.3 is 13.9 Å². The number of nitrogens with two attached hydrogens (primary N) is 1. The normalized spacial score (nSPS) is 10.4. The molecule has 0 fully saturated rings. The van der Waals surface area contributed by atoms with Crippen LogP contribution in [-0.2, 0) is 16.1 Å². The lowest BCUT2D eigenvalue weighted by molar-refractivity contribution is 0.0611. The number of amides is 1. The average Bonchev–Trinajstić information content (AvgIpc) is 2.65. The molecule has 0 unspecified atom stereocenters. The van der Waals surface area contributed by atoms with E-state index in [1.54, 1.807) is 20.1 Å². The zero-order valence-electron chi connectivity index (χ0n) is 9.41. The van der Waals surface area contributed by atoms with Gasteiger partial charge in [-0.25, -0.2) is 5.84 Å². The van der Waals surface area contributed by atoms with Crippen molar-refractivity contribution in [3.8, 4) is 0 Å². The number of carbonyl (C=O) groups excluding carboxylic acids is 1. The van der Waals surface area contributed by atoms with Crippen LogP contribution in [0, 0.1) is 6.92 Å². The molecule has 0 saturated heterocycles. The average molecular weight is 228 g/mol. The Balaban J connectivity index is 2.53. The number of furan rings is 1. The van der Waals surface area contributed by atoms with E-state index in [1.165, 1.54) is 0 Å². The summed E-state index contributed by atoms with van der Waals surface area (Å²) in [5.41, 5.74) is 2.83. The van der Waals surface area contributed by atoms with Gasteiger partial charge in [0.25, 0.3) is 0 Å². The van der Waals surface area contributed by atoms with Crippen LogP contribution in [0.2, 0.25) is 0 Å². The summed E-state index contributed by atoms with van der Waals surface area (Å²) in [6.45, 7) is 3.19. The van der Waals surface area contributed by atoms with Crippen molar-refractivity contribution in [3.63, 3.8) is 0 Å². The molecule has 1 heterocycles. The molecule has 0 aliphatic carbocycles. The van der Waals surface area contributed by atoms with Gasteiger partial charge in [0.2, 0.25) is 0 Å². The van der Waals surface area contributed by atoms with Crippen molar-refractivity contribution in [1.29, 1.82) is 0 Å². The Hall–Kier alpha value is -1.37. The number of rotatable bonds is 6. The quantitative estimate of drug-likeness (QED) is 0.317. The summed E-state index contributed by atoms with van der Waals surface area (Å²) in [6.07, 6.45) is 0. The standard InChI is InChI=1S/C10H16N2O4/c1-7-8(6-15-4-3-14-2)5-9(16-7)10(13)12-11/h5H,3-4,6,11H2,1-2H3,(H,12,13). The van der Waals surface area contributed by atoms with Crippen LogP contribution in [0.5, 0.6) is 0 Å². The first-order chi connectivity index (χ1) is 7.69. The number of hydrogen-bond donors (Lipinski definition) is 2. The van der Waals surface area contributed by atoms with Gasteiger partial charge in [-0.3, -0.25) is 10.2 Å². The van der Waals surface area contributed by atoms with Gasteiger partial charge in [-0.1, -0.05) is 0 Å². The van der Waals surface area contributed by atoms with E-state index in [0.717, 1.165) is 5.56 Å². The van der Waals surface area contributed by atoms with E-state index in [4.69, 9.17) is 19.7 Å². The van der Waals surface area contributed by atoms with Gasteiger partial charge in [0.05, 0.1) is 19.8 Å². The molecule has 3 N–H and O–H groups in total. The van der Waals surface area contributed by atoms with Gasteiger partial charge in [-0.05, 0) is 13.0 Å². The third-order valence-corrected chi connectivity index (χ3v) is 2.06. The summed E-state index contributed by atoms with van der Waals surface area (Å²) >= 11 is 0. The number of hydrazine groups is 1.